The van der Waals surface area contributed by atoms with Gasteiger partial charge >= 0.3 is 0 Å². The smallest absolute Gasteiger partial charge is 0.210 e. The first-order chi connectivity index (χ1) is 8.38. The Labute approximate surface area is 115 Å². The summed E-state index contributed by atoms with van der Waals surface area (Å²) in [5.41, 5.74) is 0.959. The number of hydrogen-bond acceptors (Lipinski definition) is 6. The predicted molar refractivity (Wildman–Crippen MR) is 75.3 cm³/mol. The van der Waals surface area contributed by atoms with Crippen molar-refractivity contribution in [3.63, 3.8) is 0 Å². The third kappa shape index (κ3) is 2.84. The molecule has 98 valence electrons. The Hall–Kier alpha value is -1.08. The number of hydrogen-bond donors (Lipinski definition) is 1. The first-order valence-electron chi connectivity index (χ1n) is 5.62. The van der Waals surface area contributed by atoms with E-state index in [4.69, 9.17) is 5.84 Å². The largest absolute Gasteiger partial charge is 0.336 e. The molecule has 18 heavy (non-hydrogen) atoms. The number of aryl methyl sites for hydroxylation is 1. The zero-order valence-electron chi connectivity index (χ0n) is 11.0. The maximum Gasteiger partial charge on any atom is 0.210 e. The normalized spacial score (nSPS) is 12.0. The molecule has 0 aromatic carbocycles. The van der Waals surface area contributed by atoms with Crippen molar-refractivity contribution in [2.75, 3.05) is 5.84 Å². The fourth-order valence-corrected chi connectivity index (χ4v) is 2.97. The van der Waals surface area contributed by atoms with Crippen molar-refractivity contribution in [2.45, 2.75) is 44.0 Å². The Bertz CT molecular complexity index is 538. The van der Waals surface area contributed by atoms with Crippen molar-refractivity contribution in [2.24, 2.45) is 0 Å². The van der Waals surface area contributed by atoms with Crippen molar-refractivity contribution < 1.29 is 0 Å². The van der Waals surface area contributed by atoms with E-state index in [2.05, 4.69) is 41.3 Å². The summed E-state index contributed by atoms with van der Waals surface area (Å²) in [6.07, 6.45) is 0. The number of nitrogens with two attached hydrogens (primary N) is 1. The quantitative estimate of drug-likeness (QED) is 0.691. The summed E-state index contributed by atoms with van der Waals surface area (Å²) >= 11 is 3.21. The number of aromatic nitrogens is 4. The van der Waals surface area contributed by atoms with Crippen molar-refractivity contribution in [3.8, 4) is 0 Å². The van der Waals surface area contributed by atoms with Crippen LogP contribution in [0.25, 0.3) is 0 Å². The second-order valence-electron chi connectivity index (χ2n) is 5.07. The average Bonchev–Trinajstić information content (AvgIpc) is 2.81. The van der Waals surface area contributed by atoms with Gasteiger partial charge in [0.25, 0.3) is 0 Å². The zero-order chi connectivity index (χ0) is 13.3. The molecule has 2 aromatic rings. The van der Waals surface area contributed by atoms with Crippen LogP contribution >= 0.6 is 23.1 Å². The molecule has 0 atom stereocenters. The van der Waals surface area contributed by atoms with Gasteiger partial charge in [0, 0.05) is 16.5 Å². The standard InChI is InChI=1S/C11H17N5S2/c1-7-13-8(5-17-7)6-18-10-15-14-9(16(10)12)11(2,3)4/h5H,6,12H2,1-4H3. The number of thioether (sulfide) groups is 1. The van der Waals surface area contributed by atoms with E-state index in [1.165, 1.54) is 0 Å². The monoisotopic (exact) mass is 283 g/mol. The van der Waals surface area contributed by atoms with E-state index in [-0.39, 0.29) is 5.41 Å². The lowest BCUT2D eigenvalue weighted by molar-refractivity contribution is 0.523. The van der Waals surface area contributed by atoms with Gasteiger partial charge in [-0.15, -0.1) is 21.5 Å². The summed E-state index contributed by atoms with van der Waals surface area (Å²) in [5, 5.41) is 12.2. The van der Waals surface area contributed by atoms with Crippen LogP contribution in [0.1, 0.15) is 37.3 Å². The van der Waals surface area contributed by atoms with Crippen molar-refractivity contribution in [3.05, 3.63) is 21.9 Å². The molecule has 0 aliphatic heterocycles. The fourth-order valence-electron chi connectivity index (χ4n) is 1.50. The molecule has 0 fully saturated rings. The van der Waals surface area contributed by atoms with Crippen LogP contribution < -0.4 is 5.84 Å². The summed E-state index contributed by atoms with van der Waals surface area (Å²) in [6, 6.07) is 0. The van der Waals surface area contributed by atoms with Gasteiger partial charge in [0.1, 0.15) is 0 Å². The summed E-state index contributed by atoms with van der Waals surface area (Å²) < 4.78 is 1.57. The van der Waals surface area contributed by atoms with Crippen molar-refractivity contribution >= 4 is 23.1 Å². The van der Waals surface area contributed by atoms with Gasteiger partial charge in [0.2, 0.25) is 5.16 Å². The molecule has 0 saturated heterocycles. The van der Waals surface area contributed by atoms with Gasteiger partial charge in [-0.2, -0.15) is 0 Å². The molecule has 0 spiro atoms. The highest BCUT2D eigenvalue weighted by atomic mass is 32.2. The second-order valence-corrected chi connectivity index (χ2v) is 7.08. The topological polar surface area (TPSA) is 69.6 Å². The molecule has 0 unspecified atom stereocenters. The molecule has 0 amide bonds. The van der Waals surface area contributed by atoms with E-state index in [9.17, 15) is 0 Å². The molecule has 0 aliphatic carbocycles. The highest BCUT2D eigenvalue weighted by molar-refractivity contribution is 7.98. The van der Waals surface area contributed by atoms with Crippen molar-refractivity contribution in [1.29, 1.82) is 0 Å². The highest BCUT2D eigenvalue weighted by Crippen LogP contribution is 2.25. The van der Waals surface area contributed by atoms with E-state index in [1.807, 2.05) is 6.92 Å². The van der Waals surface area contributed by atoms with Gasteiger partial charge in [0.15, 0.2) is 5.82 Å². The van der Waals surface area contributed by atoms with E-state index in [1.54, 1.807) is 27.8 Å². The fraction of sp³-hybridized carbons (Fsp3) is 0.545. The number of nitrogens with zero attached hydrogens (tertiary/aromatic N) is 4. The van der Waals surface area contributed by atoms with Gasteiger partial charge in [0.05, 0.1) is 10.7 Å². The van der Waals surface area contributed by atoms with E-state index < -0.39 is 0 Å². The van der Waals surface area contributed by atoms with Crippen LogP contribution in [0.15, 0.2) is 10.5 Å². The highest BCUT2D eigenvalue weighted by Gasteiger charge is 2.22. The van der Waals surface area contributed by atoms with Crippen LogP contribution in [0.3, 0.4) is 0 Å². The van der Waals surface area contributed by atoms with E-state index in [0.717, 1.165) is 27.4 Å². The average molecular weight is 283 g/mol. The first-order valence-corrected chi connectivity index (χ1v) is 7.49. The molecular formula is C11H17N5S2. The number of rotatable bonds is 3. The minimum Gasteiger partial charge on any atom is -0.336 e. The summed E-state index contributed by atoms with van der Waals surface area (Å²) in [7, 11) is 0. The molecule has 0 bridgehead atoms. The summed E-state index contributed by atoms with van der Waals surface area (Å²) in [4.78, 5) is 4.41. The third-order valence-corrected chi connectivity index (χ3v) is 4.15. The lowest BCUT2D eigenvalue weighted by atomic mass is 9.96. The lowest BCUT2D eigenvalue weighted by Gasteiger charge is -2.16. The molecule has 2 aromatic heterocycles. The van der Waals surface area contributed by atoms with Crippen LogP contribution in [0, 0.1) is 6.92 Å². The van der Waals surface area contributed by atoms with E-state index in [0.29, 0.717) is 0 Å². The molecule has 2 rings (SSSR count). The Morgan fingerprint density at radius 1 is 1.39 bits per heavy atom. The molecule has 5 nitrogen and oxygen atoms in total. The Kier molecular flexibility index (Phi) is 3.63. The SMILES string of the molecule is Cc1nc(CSc2nnc(C(C)(C)C)n2N)cs1. The Morgan fingerprint density at radius 3 is 2.61 bits per heavy atom. The molecule has 0 saturated carbocycles. The third-order valence-electron chi connectivity index (χ3n) is 2.35. The summed E-state index contributed by atoms with van der Waals surface area (Å²) in [5.74, 6) is 7.57. The van der Waals surface area contributed by atoms with Crippen LogP contribution in [-0.2, 0) is 11.2 Å². The Morgan fingerprint density at radius 2 is 2.11 bits per heavy atom. The molecule has 7 heteroatoms. The Balaban J connectivity index is 2.09. The molecular weight excluding hydrogens is 266 g/mol. The molecule has 0 radical (unpaired) electrons. The van der Waals surface area contributed by atoms with Crippen LogP contribution in [0.2, 0.25) is 0 Å². The minimum absolute atomic E-state index is 0.0994. The van der Waals surface area contributed by atoms with Crippen LogP contribution in [0.5, 0.6) is 0 Å². The zero-order valence-corrected chi connectivity index (χ0v) is 12.6. The summed E-state index contributed by atoms with van der Waals surface area (Å²) in [6.45, 7) is 8.21. The number of nitrogen functional groups attached to an aromatic ring is 1. The van der Waals surface area contributed by atoms with Gasteiger partial charge in [-0.05, 0) is 6.92 Å². The minimum atomic E-state index is -0.0994. The second kappa shape index (κ2) is 4.89. The molecule has 2 N–H and O–H groups in total. The molecule has 0 aliphatic rings. The molecule has 2 heterocycles. The predicted octanol–water partition coefficient (Wildman–Crippen LogP) is 2.35. The van der Waals surface area contributed by atoms with Gasteiger partial charge in [-0.25, -0.2) is 9.66 Å². The van der Waals surface area contributed by atoms with Gasteiger partial charge in [-0.1, -0.05) is 32.5 Å². The van der Waals surface area contributed by atoms with Crippen LogP contribution in [0.4, 0.5) is 0 Å². The lowest BCUT2D eigenvalue weighted by Crippen LogP contribution is -2.24. The number of thiazole rings is 1. The first kappa shape index (κ1) is 13.4. The maximum absolute atomic E-state index is 6.01. The van der Waals surface area contributed by atoms with Gasteiger partial charge in [-0.3, -0.25) is 0 Å². The van der Waals surface area contributed by atoms with E-state index >= 15 is 0 Å². The van der Waals surface area contributed by atoms with Gasteiger partial charge < -0.3 is 5.84 Å². The van der Waals surface area contributed by atoms with Crippen LogP contribution in [-0.4, -0.2) is 19.9 Å². The maximum atomic E-state index is 6.01. The van der Waals surface area contributed by atoms with Crippen molar-refractivity contribution in [1.82, 2.24) is 19.9 Å².